The van der Waals surface area contributed by atoms with Gasteiger partial charge in [-0.15, -0.1) is 0 Å². The first-order chi connectivity index (χ1) is 8.83. The molecule has 0 spiro atoms. The summed E-state index contributed by atoms with van der Waals surface area (Å²) in [5, 5.41) is 3.71. The number of hydrogen-bond donors (Lipinski definition) is 1. The molecule has 0 atom stereocenters. The Bertz CT molecular complexity index is 417. The Balaban J connectivity index is 2.35. The number of benzene rings is 1. The fourth-order valence-electron chi connectivity index (χ4n) is 2.93. The van der Waals surface area contributed by atoms with E-state index in [0.29, 0.717) is 5.41 Å². The fraction of sp³-hybridized carbons (Fsp3) is 0.647. The zero-order valence-electron chi connectivity index (χ0n) is 13.1. The molecule has 1 aliphatic rings. The number of nitrogens with one attached hydrogen (secondary N) is 1. The SMILES string of the molecule is CCc1ccccc1N1CC(C)(C)CNC(C)(C)C1. The molecule has 0 saturated carbocycles. The number of nitrogens with zero attached hydrogens (tertiary/aromatic N) is 1. The maximum Gasteiger partial charge on any atom is 0.0399 e. The quantitative estimate of drug-likeness (QED) is 0.876. The molecule has 1 fully saturated rings. The average Bonchev–Trinajstić information content (AvgIpc) is 2.46. The monoisotopic (exact) mass is 260 g/mol. The molecule has 19 heavy (non-hydrogen) atoms. The van der Waals surface area contributed by atoms with Crippen LogP contribution in [0.2, 0.25) is 0 Å². The lowest BCUT2D eigenvalue weighted by atomic mass is 9.92. The third-order valence-electron chi connectivity index (χ3n) is 3.96. The Labute approximate surface area is 118 Å². The molecule has 1 aromatic rings. The van der Waals surface area contributed by atoms with Gasteiger partial charge in [-0.1, -0.05) is 39.0 Å². The van der Waals surface area contributed by atoms with Crippen LogP contribution in [0.1, 0.15) is 40.2 Å². The molecular weight excluding hydrogens is 232 g/mol. The predicted molar refractivity (Wildman–Crippen MR) is 83.9 cm³/mol. The molecule has 2 heteroatoms. The Morgan fingerprint density at radius 3 is 2.47 bits per heavy atom. The number of para-hydroxylation sites is 1. The lowest BCUT2D eigenvalue weighted by molar-refractivity contribution is 0.332. The van der Waals surface area contributed by atoms with Crippen LogP contribution in [0.3, 0.4) is 0 Å². The summed E-state index contributed by atoms with van der Waals surface area (Å²) in [4.78, 5) is 2.57. The van der Waals surface area contributed by atoms with Crippen LogP contribution in [0.15, 0.2) is 24.3 Å². The van der Waals surface area contributed by atoms with Crippen molar-refractivity contribution >= 4 is 5.69 Å². The highest BCUT2D eigenvalue weighted by atomic mass is 15.2. The molecule has 1 aromatic carbocycles. The maximum atomic E-state index is 3.71. The smallest absolute Gasteiger partial charge is 0.0399 e. The van der Waals surface area contributed by atoms with E-state index in [0.717, 1.165) is 26.1 Å². The van der Waals surface area contributed by atoms with Gasteiger partial charge in [0, 0.05) is 30.9 Å². The third kappa shape index (κ3) is 3.50. The van der Waals surface area contributed by atoms with E-state index in [-0.39, 0.29) is 5.54 Å². The molecule has 1 N–H and O–H groups in total. The van der Waals surface area contributed by atoms with E-state index < -0.39 is 0 Å². The molecule has 1 saturated heterocycles. The van der Waals surface area contributed by atoms with Crippen molar-refractivity contribution in [3.8, 4) is 0 Å². The predicted octanol–water partition coefficient (Wildman–Crippen LogP) is 3.46. The van der Waals surface area contributed by atoms with Gasteiger partial charge in [0.15, 0.2) is 0 Å². The lowest BCUT2D eigenvalue weighted by Crippen LogP contribution is -2.46. The zero-order chi connectivity index (χ0) is 14.1. The normalized spacial score (nSPS) is 22.1. The van der Waals surface area contributed by atoms with Gasteiger partial charge in [-0.2, -0.15) is 0 Å². The van der Waals surface area contributed by atoms with Crippen molar-refractivity contribution in [1.82, 2.24) is 5.32 Å². The maximum absolute atomic E-state index is 3.71. The number of anilines is 1. The number of hydrogen-bond acceptors (Lipinski definition) is 2. The topological polar surface area (TPSA) is 15.3 Å². The molecule has 1 heterocycles. The second kappa shape index (κ2) is 5.16. The van der Waals surface area contributed by atoms with E-state index in [1.54, 1.807) is 0 Å². The lowest BCUT2D eigenvalue weighted by Gasteiger charge is -2.34. The summed E-state index contributed by atoms with van der Waals surface area (Å²) in [6.07, 6.45) is 1.10. The van der Waals surface area contributed by atoms with Crippen LogP contribution in [0, 0.1) is 5.41 Å². The van der Waals surface area contributed by atoms with Gasteiger partial charge in [0.2, 0.25) is 0 Å². The number of aryl methyl sites for hydroxylation is 1. The van der Waals surface area contributed by atoms with E-state index in [9.17, 15) is 0 Å². The summed E-state index contributed by atoms with van der Waals surface area (Å²) < 4.78 is 0. The molecule has 0 aromatic heterocycles. The highest BCUT2D eigenvalue weighted by Gasteiger charge is 2.33. The van der Waals surface area contributed by atoms with Crippen LogP contribution in [0.4, 0.5) is 5.69 Å². The van der Waals surface area contributed by atoms with Gasteiger partial charge in [0.05, 0.1) is 0 Å². The second-order valence-corrected chi connectivity index (χ2v) is 7.24. The minimum atomic E-state index is 0.161. The van der Waals surface area contributed by atoms with Crippen LogP contribution in [0.25, 0.3) is 0 Å². The van der Waals surface area contributed by atoms with Crippen LogP contribution < -0.4 is 10.2 Å². The van der Waals surface area contributed by atoms with Gasteiger partial charge >= 0.3 is 0 Å². The van der Waals surface area contributed by atoms with Crippen molar-refractivity contribution < 1.29 is 0 Å². The summed E-state index contributed by atoms with van der Waals surface area (Å²) in [5.74, 6) is 0. The van der Waals surface area contributed by atoms with Crippen LogP contribution in [0.5, 0.6) is 0 Å². The van der Waals surface area contributed by atoms with Crippen molar-refractivity contribution in [3.05, 3.63) is 29.8 Å². The molecular formula is C17H28N2. The Morgan fingerprint density at radius 1 is 1.11 bits per heavy atom. The van der Waals surface area contributed by atoms with E-state index in [1.807, 2.05) is 0 Å². The molecule has 2 rings (SSSR count). The Morgan fingerprint density at radius 2 is 1.79 bits per heavy atom. The molecule has 0 aliphatic carbocycles. The third-order valence-corrected chi connectivity index (χ3v) is 3.96. The van der Waals surface area contributed by atoms with Crippen molar-refractivity contribution in [3.63, 3.8) is 0 Å². The highest BCUT2D eigenvalue weighted by molar-refractivity contribution is 5.54. The van der Waals surface area contributed by atoms with Gasteiger partial charge in [-0.05, 0) is 37.3 Å². The van der Waals surface area contributed by atoms with E-state index >= 15 is 0 Å². The summed E-state index contributed by atoms with van der Waals surface area (Å²) in [5.41, 5.74) is 3.33. The summed E-state index contributed by atoms with van der Waals surface area (Å²) in [7, 11) is 0. The molecule has 0 bridgehead atoms. The highest BCUT2D eigenvalue weighted by Crippen LogP contribution is 2.29. The van der Waals surface area contributed by atoms with Gasteiger partial charge < -0.3 is 10.2 Å². The molecule has 0 radical (unpaired) electrons. The van der Waals surface area contributed by atoms with Gasteiger partial charge in [-0.25, -0.2) is 0 Å². The Hall–Kier alpha value is -1.02. The van der Waals surface area contributed by atoms with Gasteiger partial charge in [-0.3, -0.25) is 0 Å². The van der Waals surface area contributed by atoms with Crippen LogP contribution >= 0.6 is 0 Å². The van der Waals surface area contributed by atoms with Crippen LogP contribution in [-0.2, 0) is 6.42 Å². The number of rotatable bonds is 2. The van der Waals surface area contributed by atoms with Crippen molar-refractivity contribution in [1.29, 1.82) is 0 Å². The standard InChI is InChI=1S/C17H28N2/c1-6-14-9-7-8-10-15(14)19-12-16(2,3)11-18-17(4,5)13-19/h7-10,18H,6,11-13H2,1-5H3. The van der Waals surface area contributed by atoms with E-state index in [2.05, 4.69) is 69.1 Å². The van der Waals surface area contributed by atoms with Gasteiger partial charge in [0.25, 0.3) is 0 Å². The summed E-state index contributed by atoms with van der Waals surface area (Å²) in [6, 6.07) is 8.84. The molecule has 2 nitrogen and oxygen atoms in total. The molecule has 0 amide bonds. The summed E-state index contributed by atoms with van der Waals surface area (Å²) in [6.45, 7) is 14.8. The first-order valence-corrected chi connectivity index (χ1v) is 7.41. The molecule has 106 valence electrons. The minimum absolute atomic E-state index is 0.161. The van der Waals surface area contributed by atoms with Crippen molar-refractivity contribution in [2.45, 2.75) is 46.6 Å². The first-order valence-electron chi connectivity index (χ1n) is 7.41. The van der Waals surface area contributed by atoms with Crippen molar-refractivity contribution in [2.75, 3.05) is 24.5 Å². The van der Waals surface area contributed by atoms with Gasteiger partial charge in [0.1, 0.15) is 0 Å². The molecule has 0 unspecified atom stereocenters. The second-order valence-electron chi connectivity index (χ2n) is 7.24. The Kier molecular flexibility index (Phi) is 3.91. The average molecular weight is 260 g/mol. The zero-order valence-corrected chi connectivity index (χ0v) is 13.1. The van der Waals surface area contributed by atoms with Crippen LogP contribution in [-0.4, -0.2) is 25.2 Å². The fourth-order valence-corrected chi connectivity index (χ4v) is 2.93. The molecule has 1 aliphatic heterocycles. The van der Waals surface area contributed by atoms with Crippen molar-refractivity contribution in [2.24, 2.45) is 5.41 Å². The summed E-state index contributed by atoms with van der Waals surface area (Å²) >= 11 is 0. The van der Waals surface area contributed by atoms with E-state index in [4.69, 9.17) is 0 Å². The first kappa shape index (κ1) is 14.4. The minimum Gasteiger partial charge on any atom is -0.369 e. The van der Waals surface area contributed by atoms with E-state index in [1.165, 1.54) is 11.3 Å². The largest absolute Gasteiger partial charge is 0.369 e.